The number of aromatic carboxylic acids is 1. The van der Waals surface area contributed by atoms with E-state index < -0.39 is 5.97 Å². The van der Waals surface area contributed by atoms with Crippen LogP contribution >= 0.6 is 0 Å². The second-order valence-electron chi connectivity index (χ2n) is 4.24. The van der Waals surface area contributed by atoms with Gasteiger partial charge in [-0.15, -0.1) is 0 Å². The first-order valence-corrected chi connectivity index (χ1v) is 5.39. The summed E-state index contributed by atoms with van der Waals surface area (Å²) >= 11 is 0. The highest BCUT2D eigenvalue weighted by atomic mass is 16.4. The van der Waals surface area contributed by atoms with Gasteiger partial charge in [-0.25, -0.2) is 4.79 Å². The van der Waals surface area contributed by atoms with Gasteiger partial charge in [-0.3, -0.25) is 4.79 Å². The van der Waals surface area contributed by atoms with Gasteiger partial charge in [-0.1, -0.05) is 0 Å². The van der Waals surface area contributed by atoms with Gasteiger partial charge in [-0.2, -0.15) is 0 Å². The molecular weight excluding hydrogens is 220 g/mol. The fourth-order valence-electron chi connectivity index (χ4n) is 1.91. The van der Waals surface area contributed by atoms with Crippen LogP contribution in [-0.4, -0.2) is 30.1 Å². The third-order valence-corrected chi connectivity index (χ3v) is 2.86. The summed E-state index contributed by atoms with van der Waals surface area (Å²) in [5.74, 6) is -1.02. The molecule has 1 aliphatic heterocycles. The predicted molar refractivity (Wildman–Crippen MR) is 64.5 cm³/mol. The summed E-state index contributed by atoms with van der Waals surface area (Å²) in [6.45, 7) is 1.92. The number of rotatable bonds is 1. The molecule has 1 aliphatic rings. The Balaban J connectivity index is 2.51. The third-order valence-electron chi connectivity index (χ3n) is 2.86. The Morgan fingerprint density at radius 3 is 2.88 bits per heavy atom. The highest BCUT2D eigenvalue weighted by Crippen LogP contribution is 2.30. The maximum Gasteiger partial charge on any atom is 0.335 e. The second-order valence-corrected chi connectivity index (χ2v) is 4.24. The Morgan fingerprint density at radius 1 is 1.53 bits per heavy atom. The van der Waals surface area contributed by atoms with Crippen LogP contribution in [0.1, 0.15) is 23.7 Å². The molecule has 17 heavy (non-hydrogen) atoms. The zero-order chi connectivity index (χ0) is 12.6. The normalized spacial score (nSPS) is 19.3. The molecule has 5 heteroatoms. The van der Waals surface area contributed by atoms with Gasteiger partial charge in [0.25, 0.3) is 0 Å². The molecule has 0 spiro atoms. The topological polar surface area (TPSA) is 69.6 Å². The number of hydrogen-bond donors (Lipinski definition) is 2. The van der Waals surface area contributed by atoms with Gasteiger partial charge in [0.15, 0.2) is 0 Å². The number of benzene rings is 1. The molecule has 0 saturated carbocycles. The monoisotopic (exact) mass is 234 g/mol. The van der Waals surface area contributed by atoms with E-state index in [1.807, 2.05) is 6.92 Å². The maximum absolute atomic E-state index is 11.8. The van der Waals surface area contributed by atoms with Gasteiger partial charge in [0.05, 0.1) is 16.9 Å². The quantitative estimate of drug-likeness (QED) is 0.773. The molecule has 1 heterocycles. The SMILES string of the molecule is CC1CC(=O)N(C)c2cc(C(=O)O)ccc2N1. The van der Waals surface area contributed by atoms with Crippen LogP contribution in [0, 0.1) is 0 Å². The highest BCUT2D eigenvalue weighted by molar-refractivity contribution is 6.00. The van der Waals surface area contributed by atoms with E-state index in [1.54, 1.807) is 13.1 Å². The molecule has 0 saturated heterocycles. The summed E-state index contributed by atoms with van der Waals surface area (Å²) in [4.78, 5) is 24.2. The molecule has 0 aromatic heterocycles. The molecular formula is C12H14N2O3. The fraction of sp³-hybridized carbons (Fsp3) is 0.333. The average Bonchev–Trinajstić information content (AvgIpc) is 2.37. The third kappa shape index (κ3) is 2.08. The zero-order valence-electron chi connectivity index (χ0n) is 9.73. The molecule has 90 valence electrons. The standard InChI is InChI=1S/C12H14N2O3/c1-7-5-11(15)14(2)10-6-8(12(16)17)3-4-9(10)13-7/h3-4,6-7,13H,5H2,1-2H3,(H,16,17). The summed E-state index contributed by atoms with van der Waals surface area (Å²) in [7, 11) is 1.66. The number of hydrogen-bond acceptors (Lipinski definition) is 3. The first kappa shape index (κ1) is 11.4. The van der Waals surface area contributed by atoms with Crippen molar-refractivity contribution in [2.24, 2.45) is 0 Å². The lowest BCUT2D eigenvalue weighted by molar-refractivity contribution is -0.118. The minimum atomic E-state index is -0.994. The Morgan fingerprint density at radius 2 is 2.24 bits per heavy atom. The molecule has 0 aliphatic carbocycles. The second kappa shape index (κ2) is 4.08. The lowest BCUT2D eigenvalue weighted by Crippen LogP contribution is -2.27. The number of nitrogens with one attached hydrogen (secondary N) is 1. The Bertz CT molecular complexity index is 485. The first-order valence-electron chi connectivity index (χ1n) is 5.39. The number of nitrogens with zero attached hydrogens (tertiary/aromatic N) is 1. The van der Waals surface area contributed by atoms with E-state index in [9.17, 15) is 9.59 Å². The summed E-state index contributed by atoms with van der Waals surface area (Å²) in [6.07, 6.45) is 0.396. The summed E-state index contributed by atoms with van der Waals surface area (Å²) in [5.41, 5.74) is 1.58. The van der Waals surface area contributed by atoms with Crippen molar-refractivity contribution in [2.45, 2.75) is 19.4 Å². The molecule has 0 fully saturated rings. The largest absolute Gasteiger partial charge is 0.478 e. The van der Waals surface area contributed by atoms with Crippen LogP contribution in [0.15, 0.2) is 18.2 Å². The van der Waals surface area contributed by atoms with E-state index in [1.165, 1.54) is 17.0 Å². The average molecular weight is 234 g/mol. The van der Waals surface area contributed by atoms with Gasteiger partial charge in [-0.05, 0) is 25.1 Å². The smallest absolute Gasteiger partial charge is 0.335 e. The van der Waals surface area contributed by atoms with E-state index in [0.29, 0.717) is 12.1 Å². The van der Waals surface area contributed by atoms with E-state index in [2.05, 4.69) is 5.32 Å². The van der Waals surface area contributed by atoms with Crippen molar-refractivity contribution in [3.8, 4) is 0 Å². The number of anilines is 2. The van der Waals surface area contributed by atoms with Crippen LogP contribution in [-0.2, 0) is 4.79 Å². The predicted octanol–water partition coefficient (Wildman–Crippen LogP) is 1.55. The summed E-state index contributed by atoms with van der Waals surface area (Å²) in [5, 5.41) is 12.1. The van der Waals surface area contributed by atoms with Gasteiger partial charge in [0, 0.05) is 19.5 Å². The molecule has 5 nitrogen and oxygen atoms in total. The fourth-order valence-corrected chi connectivity index (χ4v) is 1.91. The number of amides is 1. The van der Waals surface area contributed by atoms with E-state index in [4.69, 9.17) is 5.11 Å². The molecule has 1 unspecified atom stereocenters. The van der Waals surface area contributed by atoms with Crippen LogP contribution in [0.4, 0.5) is 11.4 Å². The van der Waals surface area contributed by atoms with Gasteiger partial charge in [0.2, 0.25) is 5.91 Å². The zero-order valence-corrected chi connectivity index (χ0v) is 9.73. The lowest BCUT2D eigenvalue weighted by Gasteiger charge is -2.17. The molecule has 0 bridgehead atoms. The molecule has 2 N–H and O–H groups in total. The molecule has 0 radical (unpaired) electrons. The number of carboxylic acid groups (broad SMARTS) is 1. The van der Waals surface area contributed by atoms with Crippen molar-refractivity contribution >= 4 is 23.3 Å². The van der Waals surface area contributed by atoms with Crippen LogP contribution in [0.3, 0.4) is 0 Å². The minimum absolute atomic E-state index is 0.0220. The van der Waals surface area contributed by atoms with Crippen molar-refractivity contribution in [2.75, 3.05) is 17.3 Å². The highest BCUT2D eigenvalue weighted by Gasteiger charge is 2.23. The Kier molecular flexibility index (Phi) is 2.75. The van der Waals surface area contributed by atoms with Crippen molar-refractivity contribution in [3.05, 3.63) is 23.8 Å². The first-order chi connectivity index (χ1) is 7.99. The maximum atomic E-state index is 11.8. The van der Waals surface area contributed by atoms with Crippen LogP contribution in [0.5, 0.6) is 0 Å². The van der Waals surface area contributed by atoms with Gasteiger partial charge >= 0.3 is 5.97 Å². The van der Waals surface area contributed by atoms with Crippen molar-refractivity contribution in [3.63, 3.8) is 0 Å². The van der Waals surface area contributed by atoms with Gasteiger partial charge in [0.1, 0.15) is 0 Å². The number of carboxylic acids is 1. The van der Waals surface area contributed by atoms with Gasteiger partial charge < -0.3 is 15.3 Å². The molecule has 1 amide bonds. The molecule has 1 aromatic rings. The number of fused-ring (bicyclic) bond motifs is 1. The molecule has 1 aromatic carbocycles. The van der Waals surface area contributed by atoms with E-state index in [0.717, 1.165) is 5.69 Å². The summed E-state index contributed by atoms with van der Waals surface area (Å²) in [6, 6.07) is 4.79. The van der Waals surface area contributed by atoms with E-state index >= 15 is 0 Å². The van der Waals surface area contributed by atoms with Crippen LogP contribution in [0.2, 0.25) is 0 Å². The van der Waals surface area contributed by atoms with E-state index in [-0.39, 0.29) is 17.5 Å². The van der Waals surface area contributed by atoms with Crippen molar-refractivity contribution in [1.29, 1.82) is 0 Å². The lowest BCUT2D eigenvalue weighted by atomic mass is 10.1. The van der Waals surface area contributed by atoms with Crippen molar-refractivity contribution < 1.29 is 14.7 Å². The van der Waals surface area contributed by atoms with Crippen LogP contribution in [0.25, 0.3) is 0 Å². The molecule has 2 rings (SSSR count). The Labute approximate surface area is 99.0 Å². The molecule has 1 atom stereocenters. The Hall–Kier alpha value is -2.04. The summed E-state index contributed by atoms with van der Waals surface area (Å²) < 4.78 is 0. The van der Waals surface area contributed by atoms with Crippen LogP contribution < -0.4 is 10.2 Å². The number of carbonyl (C=O) groups excluding carboxylic acids is 1. The number of carbonyl (C=O) groups is 2. The van der Waals surface area contributed by atoms with Crippen molar-refractivity contribution in [1.82, 2.24) is 0 Å². The minimum Gasteiger partial charge on any atom is -0.478 e.